The fourth-order valence-electron chi connectivity index (χ4n) is 3.02. The second-order valence-corrected chi connectivity index (χ2v) is 7.12. The van der Waals surface area contributed by atoms with Crippen molar-refractivity contribution in [2.75, 3.05) is 26.3 Å². The number of amides is 1. The minimum absolute atomic E-state index is 0.110. The number of nitrogens with zero attached hydrogens (tertiary/aromatic N) is 1. The monoisotopic (exact) mass is 297 g/mol. The van der Waals surface area contributed by atoms with Crippen molar-refractivity contribution in [2.24, 2.45) is 11.8 Å². The maximum atomic E-state index is 12.4. The third kappa shape index (κ3) is 4.99. The average molecular weight is 297 g/mol. The molecule has 0 saturated carbocycles. The lowest BCUT2D eigenvalue weighted by Gasteiger charge is -2.26. The Morgan fingerprint density at radius 3 is 2.48 bits per heavy atom. The zero-order valence-corrected chi connectivity index (χ0v) is 13.4. The summed E-state index contributed by atoms with van der Waals surface area (Å²) in [5, 5.41) is 0. The molecule has 2 aliphatic heterocycles. The topological polar surface area (TPSA) is 55.8 Å². The van der Waals surface area contributed by atoms with Crippen LogP contribution < -0.4 is 0 Å². The van der Waals surface area contributed by atoms with Crippen LogP contribution in [0.2, 0.25) is 0 Å². The second-order valence-electron chi connectivity index (χ2n) is 7.12. The molecule has 5 heteroatoms. The van der Waals surface area contributed by atoms with Gasteiger partial charge in [-0.05, 0) is 46.0 Å². The van der Waals surface area contributed by atoms with Gasteiger partial charge in [-0.15, -0.1) is 0 Å². The van der Waals surface area contributed by atoms with E-state index in [2.05, 4.69) is 0 Å². The first kappa shape index (κ1) is 16.3. The second kappa shape index (κ2) is 6.77. The quantitative estimate of drug-likeness (QED) is 0.748. The lowest BCUT2D eigenvalue weighted by molar-refractivity contribution is -0.156. The summed E-state index contributed by atoms with van der Waals surface area (Å²) in [6, 6.07) is 0. The van der Waals surface area contributed by atoms with E-state index in [-0.39, 0.29) is 23.7 Å². The molecule has 0 unspecified atom stereocenters. The molecule has 0 aromatic rings. The largest absolute Gasteiger partial charge is 0.460 e. The van der Waals surface area contributed by atoms with Crippen molar-refractivity contribution >= 4 is 11.9 Å². The van der Waals surface area contributed by atoms with Crippen molar-refractivity contribution in [3.05, 3.63) is 0 Å². The zero-order chi connectivity index (χ0) is 15.5. The lowest BCUT2D eigenvalue weighted by atomic mass is 9.99. The summed E-state index contributed by atoms with van der Waals surface area (Å²) < 4.78 is 10.7. The Balaban J connectivity index is 1.77. The summed E-state index contributed by atoms with van der Waals surface area (Å²) >= 11 is 0. The zero-order valence-electron chi connectivity index (χ0n) is 13.4. The first-order chi connectivity index (χ1) is 9.85. The average Bonchev–Trinajstić information content (AvgIpc) is 2.85. The van der Waals surface area contributed by atoms with Crippen LogP contribution in [-0.2, 0) is 19.1 Å². The molecule has 0 aromatic carbocycles. The Hall–Kier alpha value is -1.10. The van der Waals surface area contributed by atoms with Crippen molar-refractivity contribution in [3.8, 4) is 0 Å². The van der Waals surface area contributed by atoms with Gasteiger partial charge in [-0.25, -0.2) is 0 Å². The molecule has 0 aliphatic carbocycles. The Morgan fingerprint density at radius 1 is 1.19 bits per heavy atom. The maximum Gasteiger partial charge on any atom is 0.306 e. The van der Waals surface area contributed by atoms with Crippen LogP contribution in [0.5, 0.6) is 0 Å². The van der Waals surface area contributed by atoms with Gasteiger partial charge in [0, 0.05) is 32.2 Å². The molecule has 2 rings (SSSR count). The predicted octanol–water partition coefficient (Wildman–Crippen LogP) is 1.99. The van der Waals surface area contributed by atoms with Crippen LogP contribution in [0.4, 0.5) is 0 Å². The van der Waals surface area contributed by atoms with Crippen LogP contribution in [0.25, 0.3) is 0 Å². The minimum atomic E-state index is -0.437. The maximum absolute atomic E-state index is 12.4. The van der Waals surface area contributed by atoms with Gasteiger partial charge < -0.3 is 14.4 Å². The molecule has 21 heavy (non-hydrogen) atoms. The van der Waals surface area contributed by atoms with E-state index in [0.717, 1.165) is 25.8 Å². The lowest BCUT2D eigenvalue weighted by Crippen LogP contribution is -2.37. The molecule has 2 aliphatic rings. The van der Waals surface area contributed by atoms with Crippen LogP contribution in [0, 0.1) is 11.8 Å². The van der Waals surface area contributed by atoms with Crippen LogP contribution in [0.3, 0.4) is 0 Å². The van der Waals surface area contributed by atoms with E-state index in [1.54, 1.807) is 0 Å². The number of carbonyl (C=O) groups is 2. The van der Waals surface area contributed by atoms with Gasteiger partial charge in [0.1, 0.15) is 5.60 Å². The van der Waals surface area contributed by atoms with E-state index >= 15 is 0 Å². The predicted molar refractivity (Wildman–Crippen MR) is 78.7 cm³/mol. The molecule has 0 aromatic heterocycles. The van der Waals surface area contributed by atoms with Crippen LogP contribution in [-0.4, -0.2) is 48.7 Å². The third-order valence-electron chi connectivity index (χ3n) is 4.04. The van der Waals surface area contributed by atoms with Gasteiger partial charge in [-0.1, -0.05) is 0 Å². The normalized spacial score (nSPS) is 24.1. The van der Waals surface area contributed by atoms with Crippen LogP contribution in [0.1, 0.15) is 46.5 Å². The minimum Gasteiger partial charge on any atom is -0.460 e. The number of carbonyl (C=O) groups excluding carboxylic acids is 2. The van der Waals surface area contributed by atoms with Crippen molar-refractivity contribution in [3.63, 3.8) is 0 Å². The van der Waals surface area contributed by atoms with Crippen LogP contribution in [0.15, 0.2) is 0 Å². The van der Waals surface area contributed by atoms with E-state index in [4.69, 9.17) is 9.47 Å². The summed E-state index contributed by atoms with van der Waals surface area (Å²) in [5.74, 6) is 0.431. The SMILES string of the molecule is CC(C)(C)OC(=O)C[C@H]1CCN(C(=O)C2CCOCC2)C1. The number of hydrogen-bond donors (Lipinski definition) is 0. The van der Waals surface area contributed by atoms with Gasteiger partial charge >= 0.3 is 5.97 Å². The van der Waals surface area contributed by atoms with E-state index in [0.29, 0.717) is 26.2 Å². The molecule has 2 heterocycles. The van der Waals surface area contributed by atoms with Crippen molar-refractivity contribution in [1.82, 2.24) is 4.90 Å². The van der Waals surface area contributed by atoms with Crippen LogP contribution >= 0.6 is 0 Å². The Morgan fingerprint density at radius 2 is 1.86 bits per heavy atom. The molecular weight excluding hydrogens is 270 g/mol. The molecule has 1 amide bonds. The molecule has 1 atom stereocenters. The number of esters is 1. The Bertz CT molecular complexity index is 382. The number of ether oxygens (including phenoxy) is 2. The molecule has 0 N–H and O–H groups in total. The highest BCUT2D eigenvalue weighted by molar-refractivity contribution is 5.79. The molecule has 0 radical (unpaired) electrons. The van der Waals surface area contributed by atoms with E-state index in [9.17, 15) is 9.59 Å². The summed E-state index contributed by atoms with van der Waals surface area (Å²) in [6.07, 6.45) is 2.96. The molecule has 120 valence electrons. The highest BCUT2D eigenvalue weighted by Crippen LogP contribution is 2.25. The van der Waals surface area contributed by atoms with Crippen molar-refractivity contribution < 1.29 is 19.1 Å². The smallest absolute Gasteiger partial charge is 0.306 e. The Labute approximate surface area is 127 Å². The van der Waals surface area contributed by atoms with Gasteiger partial charge in [0.15, 0.2) is 0 Å². The highest BCUT2D eigenvalue weighted by atomic mass is 16.6. The summed E-state index contributed by atoms with van der Waals surface area (Å²) in [6.45, 7) is 8.46. The third-order valence-corrected chi connectivity index (χ3v) is 4.04. The summed E-state index contributed by atoms with van der Waals surface area (Å²) in [4.78, 5) is 26.2. The highest BCUT2D eigenvalue weighted by Gasteiger charge is 2.33. The van der Waals surface area contributed by atoms with Gasteiger partial charge in [0.25, 0.3) is 0 Å². The number of rotatable bonds is 3. The molecule has 2 fully saturated rings. The van der Waals surface area contributed by atoms with Crippen molar-refractivity contribution in [1.29, 1.82) is 0 Å². The molecule has 0 spiro atoms. The van der Waals surface area contributed by atoms with E-state index in [1.807, 2.05) is 25.7 Å². The first-order valence-corrected chi connectivity index (χ1v) is 7.93. The molecule has 0 bridgehead atoms. The van der Waals surface area contributed by atoms with Gasteiger partial charge in [0.2, 0.25) is 5.91 Å². The first-order valence-electron chi connectivity index (χ1n) is 7.93. The number of likely N-dealkylation sites (tertiary alicyclic amines) is 1. The van der Waals surface area contributed by atoms with E-state index in [1.165, 1.54) is 0 Å². The van der Waals surface area contributed by atoms with Crippen molar-refractivity contribution in [2.45, 2.75) is 52.1 Å². The summed E-state index contributed by atoms with van der Waals surface area (Å²) in [5.41, 5.74) is -0.437. The fourth-order valence-corrected chi connectivity index (χ4v) is 3.02. The van der Waals surface area contributed by atoms with Gasteiger partial charge in [-0.3, -0.25) is 9.59 Å². The molecule has 2 saturated heterocycles. The standard InChI is InChI=1S/C16H27NO4/c1-16(2,3)21-14(18)10-12-4-7-17(11-12)15(19)13-5-8-20-9-6-13/h12-13H,4-11H2,1-3H3/t12-/m1/s1. The van der Waals surface area contributed by atoms with Gasteiger partial charge in [-0.2, -0.15) is 0 Å². The molecule has 5 nitrogen and oxygen atoms in total. The number of hydrogen-bond acceptors (Lipinski definition) is 4. The molecular formula is C16H27NO4. The summed E-state index contributed by atoms with van der Waals surface area (Å²) in [7, 11) is 0. The van der Waals surface area contributed by atoms with E-state index < -0.39 is 5.60 Å². The van der Waals surface area contributed by atoms with Gasteiger partial charge in [0.05, 0.1) is 6.42 Å². The fraction of sp³-hybridized carbons (Fsp3) is 0.875. The Kier molecular flexibility index (Phi) is 5.25.